The van der Waals surface area contributed by atoms with Crippen LogP contribution in [0.15, 0.2) is 18.2 Å². The second-order valence-electron chi connectivity index (χ2n) is 4.93. The number of nitrogens with zero attached hydrogens (tertiary/aromatic N) is 2. The Balaban J connectivity index is 2.59. The van der Waals surface area contributed by atoms with Crippen molar-refractivity contribution in [3.63, 3.8) is 0 Å². The van der Waals surface area contributed by atoms with Gasteiger partial charge in [0.05, 0.1) is 5.69 Å². The van der Waals surface area contributed by atoms with Crippen molar-refractivity contribution in [1.82, 2.24) is 9.97 Å². The van der Waals surface area contributed by atoms with Crippen LogP contribution in [0.5, 0.6) is 0 Å². The maximum atomic E-state index is 13.9. The number of rotatable bonds is 4. The molecule has 0 unspecified atom stereocenters. The monoisotopic (exact) mass is 295 g/mol. The average Bonchev–Trinajstić information content (AvgIpc) is 2.42. The summed E-state index contributed by atoms with van der Waals surface area (Å²) in [5.41, 5.74) is 0.137. The van der Waals surface area contributed by atoms with Gasteiger partial charge in [0.2, 0.25) is 0 Å². The first-order valence-corrected chi connectivity index (χ1v) is 6.70. The molecule has 0 saturated carbocycles. The van der Waals surface area contributed by atoms with Gasteiger partial charge in [0.1, 0.15) is 17.5 Å². The highest BCUT2D eigenvalue weighted by Gasteiger charge is 2.15. The summed E-state index contributed by atoms with van der Waals surface area (Å²) < 4.78 is 40.3. The molecule has 2 aromatic rings. The van der Waals surface area contributed by atoms with Gasteiger partial charge < -0.3 is 5.32 Å². The van der Waals surface area contributed by atoms with E-state index in [1.165, 1.54) is 6.07 Å². The van der Waals surface area contributed by atoms with Crippen LogP contribution in [0.1, 0.15) is 32.5 Å². The van der Waals surface area contributed by atoms with Crippen LogP contribution in [-0.2, 0) is 0 Å². The van der Waals surface area contributed by atoms with E-state index in [4.69, 9.17) is 0 Å². The highest BCUT2D eigenvalue weighted by molar-refractivity contribution is 5.63. The Morgan fingerprint density at radius 2 is 1.67 bits per heavy atom. The van der Waals surface area contributed by atoms with E-state index in [9.17, 15) is 13.2 Å². The zero-order valence-corrected chi connectivity index (χ0v) is 12.0. The molecule has 1 N–H and O–H groups in total. The summed E-state index contributed by atoms with van der Waals surface area (Å²) in [5, 5.41) is 3.02. The van der Waals surface area contributed by atoms with E-state index >= 15 is 0 Å². The number of anilines is 1. The number of hydrogen-bond acceptors (Lipinski definition) is 3. The fourth-order valence-corrected chi connectivity index (χ4v) is 1.85. The summed E-state index contributed by atoms with van der Waals surface area (Å²) in [6.07, 6.45) is 0. The fourth-order valence-electron chi connectivity index (χ4n) is 1.85. The van der Waals surface area contributed by atoms with E-state index in [2.05, 4.69) is 15.3 Å². The fraction of sp³-hybridized carbons (Fsp3) is 0.333. The van der Waals surface area contributed by atoms with E-state index < -0.39 is 17.5 Å². The van der Waals surface area contributed by atoms with Gasteiger partial charge in [-0.1, -0.05) is 13.8 Å². The van der Waals surface area contributed by atoms with Gasteiger partial charge in [0, 0.05) is 30.2 Å². The van der Waals surface area contributed by atoms with E-state index in [0.29, 0.717) is 24.3 Å². The van der Waals surface area contributed by atoms with E-state index in [1.54, 1.807) is 0 Å². The maximum Gasteiger partial charge on any atom is 0.161 e. The molecular weight excluding hydrogens is 279 g/mol. The second-order valence-corrected chi connectivity index (χ2v) is 4.93. The first-order valence-electron chi connectivity index (χ1n) is 6.70. The first kappa shape index (κ1) is 15.3. The number of halogens is 3. The van der Waals surface area contributed by atoms with Crippen molar-refractivity contribution >= 4 is 5.82 Å². The Labute approximate surface area is 121 Å². The molecule has 0 fully saturated rings. The van der Waals surface area contributed by atoms with Crippen LogP contribution in [0.25, 0.3) is 11.3 Å². The van der Waals surface area contributed by atoms with Crippen molar-refractivity contribution in [3.05, 3.63) is 41.5 Å². The molecule has 6 heteroatoms. The Kier molecular flexibility index (Phi) is 4.45. The largest absolute Gasteiger partial charge is 0.370 e. The van der Waals surface area contributed by atoms with Crippen molar-refractivity contribution in [3.8, 4) is 11.3 Å². The maximum absolute atomic E-state index is 13.9. The lowest BCUT2D eigenvalue weighted by Gasteiger charge is -2.11. The predicted molar refractivity (Wildman–Crippen MR) is 75.6 cm³/mol. The highest BCUT2D eigenvalue weighted by Crippen LogP contribution is 2.26. The van der Waals surface area contributed by atoms with Crippen LogP contribution >= 0.6 is 0 Å². The van der Waals surface area contributed by atoms with E-state index in [-0.39, 0.29) is 17.2 Å². The molecule has 0 spiro atoms. The third-order valence-electron chi connectivity index (χ3n) is 2.90. The zero-order chi connectivity index (χ0) is 15.6. The molecule has 0 aliphatic carbocycles. The quantitative estimate of drug-likeness (QED) is 0.862. The van der Waals surface area contributed by atoms with Crippen LogP contribution < -0.4 is 5.32 Å². The molecule has 0 aliphatic heterocycles. The Morgan fingerprint density at radius 1 is 1.00 bits per heavy atom. The topological polar surface area (TPSA) is 37.8 Å². The molecule has 0 amide bonds. The number of aromatic nitrogens is 2. The van der Waals surface area contributed by atoms with Crippen molar-refractivity contribution in [2.75, 3.05) is 11.9 Å². The molecule has 0 atom stereocenters. The van der Waals surface area contributed by atoms with Crippen LogP contribution in [-0.4, -0.2) is 16.5 Å². The number of benzene rings is 1. The lowest BCUT2D eigenvalue weighted by atomic mass is 10.1. The molecule has 1 heterocycles. The second kappa shape index (κ2) is 6.11. The van der Waals surface area contributed by atoms with Gasteiger partial charge in [-0.05, 0) is 13.0 Å². The van der Waals surface area contributed by atoms with Gasteiger partial charge in [-0.2, -0.15) is 0 Å². The smallest absolute Gasteiger partial charge is 0.161 e. The lowest BCUT2D eigenvalue weighted by molar-refractivity contribution is 0.496. The van der Waals surface area contributed by atoms with Gasteiger partial charge in [-0.15, -0.1) is 0 Å². The normalized spacial score (nSPS) is 11.0. The molecular formula is C15H16F3N3. The molecule has 0 aliphatic rings. The molecule has 0 radical (unpaired) electrons. The van der Waals surface area contributed by atoms with Gasteiger partial charge in [-0.25, -0.2) is 23.1 Å². The van der Waals surface area contributed by atoms with Crippen LogP contribution in [0.4, 0.5) is 19.0 Å². The molecule has 3 nitrogen and oxygen atoms in total. The molecule has 0 bridgehead atoms. The minimum atomic E-state index is -1.22. The summed E-state index contributed by atoms with van der Waals surface area (Å²) in [6.45, 7) is 6.33. The minimum Gasteiger partial charge on any atom is -0.370 e. The Hall–Kier alpha value is -2.11. The molecule has 0 saturated heterocycles. The summed E-state index contributed by atoms with van der Waals surface area (Å²) in [4.78, 5) is 8.54. The number of hydrogen-bond donors (Lipinski definition) is 1. The molecule has 21 heavy (non-hydrogen) atoms. The van der Waals surface area contributed by atoms with Crippen LogP contribution in [0.2, 0.25) is 0 Å². The molecule has 2 rings (SSSR count). The SMILES string of the molecule is CCNc1cc(-c2cc(F)c(F)cc2F)nc(C(C)C)n1. The van der Waals surface area contributed by atoms with Crippen LogP contribution in [0, 0.1) is 17.5 Å². The summed E-state index contributed by atoms with van der Waals surface area (Å²) >= 11 is 0. The van der Waals surface area contributed by atoms with Crippen molar-refractivity contribution < 1.29 is 13.2 Å². The average molecular weight is 295 g/mol. The van der Waals surface area contributed by atoms with E-state index in [1.807, 2.05) is 20.8 Å². The molecule has 1 aromatic heterocycles. The Morgan fingerprint density at radius 3 is 2.29 bits per heavy atom. The van der Waals surface area contributed by atoms with Crippen molar-refractivity contribution in [1.29, 1.82) is 0 Å². The van der Waals surface area contributed by atoms with Crippen molar-refractivity contribution in [2.45, 2.75) is 26.7 Å². The van der Waals surface area contributed by atoms with Crippen molar-refractivity contribution in [2.24, 2.45) is 0 Å². The zero-order valence-electron chi connectivity index (χ0n) is 12.0. The van der Waals surface area contributed by atoms with Crippen LogP contribution in [0.3, 0.4) is 0 Å². The first-order chi connectivity index (χ1) is 9.92. The third kappa shape index (κ3) is 3.32. The Bertz CT molecular complexity index is 657. The van der Waals surface area contributed by atoms with Gasteiger partial charge in [0.25, 0.3) is 0 Å². The highest BCUT2D eigenvalue weighted by atomic mass is 19.2. The minimum absolute atomic E-state index is 0.0238. The van der Waals surface area contributed by atoms with Gasteiger partial charge in [0.15, 0.2) is 11.6 Å². The summed E-state index contributed by atoms with van der Waals surface area (Å²) in [6, 6.07) is 2.85. The van der Waals surface area contributed by atoms with Gasteiger partial charge in [-0.3, -0.25) is 0 Å². The summed E-state index contributed by atoms with van der Waals surface area (Å²) in [5.74, 6) is -2.13. The standard InChI is InChI=1S/C15H16F3N3/c1-4-19-14-7-13(20-15(21-14)8(2)3)9-5-11(17)12(18)6-10(9)16/h5-8H,4H2,1-3H3,(H,19,20,21). The predicted octanol–water partition coefficient (Wildman–Crippen LogP) is 4.12. The summed E-state index contributed by atoms with van der Waals surface area (Å²) in [7, 11) is 0. The number of nitrogens with one attached hydrogen (secondary N) is 1. The third-order valence-corrected chi connectivity index (χ3v) is 2.90. The van der Waals surface area contributed by atoms with E-state index in [0.717, 1.165) is 6.07 Å². The lowest BCUT2D eigenvalue weighted by Crippen LogP contribution is -2.06. The van der Waals surface area contributed by atoms with Gasteiger partial charge >= 0.3 is 0 Å². The molecule has 1 aromatic carbocycles. The molecule has 112 valence electrons.